The predicted molar refractivity (Wildman–Crippen MR) is 64.3 cm³/mol. The summed E-state index contributed by atoms with van der Waals surface area (Å²) in [6, 6.07) is 3.59. The van der Waals surface area contributed by atoms with E-state index >= 15 is 0 Å². The molecule has 0 aliphatic rings. The number of methoxy groups -OCH3 is 2. The van der Waals surface area contributed by atoms with Crippen molar-refractivity contribution in [1.82, 2.24) is 0 Å². The molecule has 82 valence electrons. The van der Waals surface area contributed by atoms with Crippen LogP contribution in [0.15, 0.2) is 18.7 Å². The summed E-state index contributed by atoms with van der Waals surface area (Å²) >= 11 is 11.8. The van der Waals surface area contributed by atoms with Gasteiger partial charge in [0.2, 0.25) is 0 Å². The third-order valence-electron chi connectivity index (χ3n) is 2.03. The topological polar surface area (TPSA) is 18.5 Å². The van der Waals surface area contributed by atoms with Gasteiger partial charge >= 0.3 is 0 Å². The van der Waals surface area contributed by atoms with E-state index in [4.69, 9.17) is 32.7 Å². The van der Waals surface area contributed by atoms with Crippen molar-refractivity contribution in [3.8, 4) is 11.5 Å². The van der Waals surface area contributed by atoms with E-state index in [9.17, 15) is 0 Å². The molecule has 15 heavy (non-hydrogen) atoms. The Morgan fingerprint density at radius 1 is 1.33 bits per heavy atom. The van der Waals surface area contributed by atoms with Gasteiger partial charge in [-0.25, -0.2) is 0 Å². The van der Waals surface area contributed by atoms with Crippen molar-refractivity contribution in [3.63, 3.8) is 0 Å². The van der Waals surface area contributed by atoms with E-state index in [1.165, 1.54) is 7.11 Å². The van der Waals surface area contributed by atoms with Crippen LogP contribution in [0.2, 0.25) is 5.02 Å². The Morgan fingerprint density at radius 3 is 2.47 bits per heavy atom. The molecule has 0 spiro atoms. The van der Waals surface area contributed by atoms with Crippen molar-refractivity contribution < 1.29 is 9.47 Å². The average Bonchev–Trinajstić information content (AvgIpc) is 2.27. The number of ether oxygens (including phenoxy) is 2. The zero-order valence-corrected chi connectivity index (χ0v) is 10.2. The number of allylic oxidation sites excluding steroid dienone is 1. The van der Waals surface area contributed by atoms with Crippen molar-refractivity contribution >= 4 is 28.8 Å². The van der Waals surface area contributed by atoms with Crippen LogP contribution in [0.4, 0.5) is 0 Å². The van der Waals surface area contributed by atoms with Crippen molar-refractivity contribution in [1.29, 1.82) is 0 Å². The second kappa shape index (κ2) is 5.29. The Labute approximate surface area is 99.4 Å². The van der Waals surface area contributed by atoms with Crippen LogP contribution in [0.1, 0.15) is 5.56 Å². The highest BCUT2D eigenvalue weighted by Gasteiger charge is 2.14. The SMILES string of the molecule is C=C(CCl)c1ccc(OC)c(OC)c1Cl. The lowest BCUT2D eigenvalue weighted by molar-refractivity contribution is 0.355. The molecule has 0 aliphatic heterocycles. The zero-order valence-electron chi connectivity index (χ0n) is 8.64. The fourth-order valence-corrected chi connectivity index (χ4v) is 1.75. The van der Waals surface area contributed by atoms with E-state index in [2.05, 4.69) is 6.58 Å². The number of hydrogen-bond donors (Lipinski definition) is 0. The van der Waals surface area contributed by atoms with Gasteiger partial charge in [-0.05, 0) is 17.7 Å². The van der Waals surface area contributed by atoms with Crippen LogP contribution in [-0.2, 0) is 0 Å². The molecule has 0 atom stereocenters. The molecular formula is C11H12Cl2O2. The Morgan fingerprint density at radius 2 is 2.00 bits per heavy atom. The van der Waals surface area contributed by atoms with Crippen LogP contribution in [0.25, 0.3) is 5.57 Å². The average molecular weight is 247 g/mol. The van der Waals surface area contributed by atoms with Crippen molar-refractivity contribution in [2.75, 3.05) is 20.1 Å². The molecule has 0 unspecified atom stereocenters. The number of alkyl halides is 1. The van der Waals surface area contributed by atoms with Gasteiger partial charge in [0, 0.05) is 11.4 Å². The lowest BCUT2D eigenvalue weighted by Gasteiger charge is -2.13. The second-order valence-electron chi connectivity index (χ2n) is 2.90. The third kappa shape index (κ3) is 2.39. The van der Waals surface area contributed by atoms with Crippen LogP contribution in [0.5, 0.6) is 11.5 Å². The molecule has 0 bridgehead atoms. The summed E-state index contributed by atoms with van der Waals surface area (Å²) in [5, 5.41) is 0.475. The lowest BCUT2D eigenvalue weighted by Crippen LogP contribution is -1.94. The first-order valence-corrected chi connectivity index (χ1v) is 5.21. The van der Waals surface area contributed by atoms with Gasteiger partial charge < -0.3 is 9.47 Å². The molecule has 1 aromatic rings. The first-order valence-electron chi connectivity index (χ1n) is 4.30. The minimum Gasteiger partial charge on any atom is -0.493 e. The molecule has 0 saturated carbocycles. The summed E-state index contributed by atoms with van der Waals surface area (Å²) in [4.78, 5) is 0. The minimum atomic E-state index is 0.329. The molecule has 1 aromatic carbocycles. The second-order valence-corrected chi connectivity index (χ2v) is 3.55. The quantitative estimate of drug-likeness (QED) is 0.756. The molecule has 0 heterocycles. The van der Waals surface area contributed by atoms with Gasteiger partial charge in [0.15, 0.2) is 11.5 Å². The molecule has 0 amide bonds. The highest BCUT2D eigenvalue weighted by atomic mass is 35.5. The number of benzene rings is 1. The normalized spacial score (nSPS) is 9.87. The maximum atomic E-state index is 6.14. The maximum absolute atomic E-state index is 6.14. The van der Waals surface area contributed by atoms with Gasteiger partial charge in [0.1, 0.15) is 0 Å². The molecule has 0 fully saturated rings. The largest absolute Gasteiger partial charge is 0.493 e. The fourth-order valence-electron chi connectivity index (χ4n) is 1.23. The molecule has 2 nitrogen and oxygen atoms in total. The smallest absolute Gasteiger partial charge is 0.179 e. The first kappa shape index (κ1) is 12.2. The van der Waals surface area contributed by atoms with E-state index in [-0.39, 0.29) is 0 Å². The van der Waals surface area contributed by atoms with Crippen molar-refractivity contribution in [2.45, 2.75) is 0 Å². The van der Waals surface area contributed by atoms with E-state index in [0.29, 0.717) is 22.4 Å². The molecular weight excluding hydrogens is 235 g/mol. The van der Waals surface area contributed by atoms with Crippen LogP contribution < -0.4 is 9.47 Å². The van der Waals surface area contributed by atoms with Gasteiger partial charge in [0.25, 0.3) is 0 Å². The van der Waals surface area contributed by atoms with E-state index in [1.54, 1.807) is 13.2 Å². The summed E-state index contributed by atoms with van der Waals surface area (Å²) in [5.41, 5.74) is 1.53. The number of rotatable bonds is 4. The summed E-state index contributed by atoms with van der Waals surface area (Å²) in [6.45, 7) is 3.82. The fraction of sp³-hybridized carbons (Fsp3) is 0.273. The Kier molecular flexibility index (Phi) is 4.30. The third-order valence-corrected chi connectivity index (χ3v) is 2.73. The Hall–Kier alpha value is -0.860. The number of halogens is 2. The molecule has 0 aliphatic carbocycles. The molecule has 1 rings (SSSR count). The summed E-state index contributed by atoms with van der Waals surface area (Å²) in [6.07, 6.45) is 0. The van der Waals surface area contributed by atoms with E-state index in [1.807, 2.05) is 6.07 Å². The van der Waals surface area contributed by atoms with Gasteiger partial charge in [-0.2, -0.15) is 0 Å². The number of hydrogen-bond acceptors (Lipinski definition) is 2. The predicted octanol–water partition coefficient (Wildman–Crippen LogP) is 3.61. The molecule has 0 radical (unpaired) electrons. The maximum Gasteiger partial charge on any atom is 0.179 e. The molecule has 0 aromatic heterocycles. The van der Waals surface area contributed by atoms with Gasteiger partial charge in [-0.15, -0.1) is 11.6 Å². The summed E-state index contributed by atoms with van der Waals surface area (Å²) in [7, 11) is 3.10. The highest BCUT2D eigenvalue weighted by molar-refractivity contribution is 6.34. The summed E-state index contributed by atoms with van der Waals surface area (Å²) in [5.74, 6) is 1.42. The minimum absolute atomic E-state index is 0.329. The van der Waals surface area contributed by atoms with E-state index < -0.39 is 0 Å². The highest BCUT2D eigenvalue weighted by Crippen LogP contribution is 2.39. The lowest BCUT2D eigenvalue weighted by atomic mass is 10.1. The monoisotopic (exact) mass is 246 g/mol. The van der Waals surface area contributed by atoms with Crippen LogP contribution >= 0.6 is 23.2 Å². The molecule has 0 N–H and O–H groups in total. The first-order chi connectivity index (χ1) is 7.15. The van der Waals surface area contributed by atoms with Crippen LogP contribution in [-0.4, -0.2) is 20.1 Å². The Bertz CT molecular complexity index is 375. The molecule has 4 heteroatoms. The molecule has 0 saturated heterocycles. The van der Waals surface area contributed by atoms with Gasteiger partial charge in [-0.1, -0.05) is 18.2 Å². The van der Waals surface area contributed by atoms with Gasteiger partial charge in [0.05, 0.1) is 19.2 Å². The van der Waals surface area contributed by atoms with Crippen LogP contribution in [0.3, 0.4) is 0 Å². The van der Waals surface area contributed by atoms with Crippen molar-refractivity contribution in [3.05, 3.63) is 29.3 Å². The standard InChI is InChI=1S/C11H12Cl2O2/c1-7(6-12)8-4-5-9(14-2)11(15-3)10(8)13/h4-5H,1,6H2,2-3H3. The summed E-state index contributed by atoms with van der Waals surface area (Å²) < 4.78 is 10.3. The van der Waals surface area contributed by atoms with Crippen molar-refractivity contribution in [2.24, 2.45) is 0 Å². The van der Waals surface area contributed by atoms with Crippen LogP contribution in [0, 0.1) is 0 Å². The van der Waals surface area contributed by atoms with Gasteiger partial charge in [-0.3, -0.25) is 0 Å². The zero-order chi connectivity index (χ0) is 11.4. The van der Waals surface area contributed by atoms with E-state index in [0.717, 1.165) is 11.1 Å². The Balaban J connectivity index is 3.29.